The molecule has 0 bridgehead atoms. The van der Waals surface area contributed by atoms with Gasteiger partial charge in [-0.1, -0.05) is 11.6 Å². The zero-order chi connectivity index (χ0) is 11.7. The Morgan fingerprint density at radius 2 is 2.44 bits per heavy atom. The van der Waals surface area contributed by atoms with Crippen LogP contribution in [0.25, 0.3) is 0 Å². The van der Waals surface area contributed by atoms with Gasteiger partial charge in [0.1, 0.15) is 6.04 Å². The van der Waals surface area contributed by atoms with Crippen LogP contribution in [0.1, 0.15) is 24.6 Å². The Morgan fingerprint density at radius 1 is 1.75 bits per heavy atom. The van der Waals surface area contributed by atoms with E-state index in [0.29, 0.717) is 12.6 Å². The smallest absolute Gasteiger partial charge is 0.320 e. The number of carbonyl (C=O) groups is 1. The van der Waals surface area contributed by atoms with E-state index in [1.165, 1.54) is 0 Å². The average Bonchev–Trinajstić information content (AvgIpc) is 2.99. The SMILES string of the molecule is CC(C(=O)O)N(Cc1sccc1Cl)C1CC1. The molecule has 0 amide bonds. The number of carboxylic acids is 1. The standard InChI is InChI=1S/C11H14ClNO2S/c1-7(11(14)15)13(8-2-3-8)6-10-9(12)4-5-16-10/h4-5,7-8H,2-3,6H2,1H3,(H,14,15). The minimum atomic E-state index is -0.764. The van der Waals surface area contributed by atoms with Crippen LogP contribution in [0.15, 0.2) is 11.4 Å². The number of aliphatic carboxylic acids is 1. The van der Waals surface area contributed by atoms with E-state index in [9.17, 15) is 4.79 Å². The fraction of sp³-hybridized carbons (Fsp3) is 0.545. The van der Waals surface area contributed by atoms with E-state index in [4.69, 9.17) is 16.7 Å². The molecule has 88 valence electrons. The van der Waals surface area contributed by atoms with Gasteiger partial charge in [-0.05, 0) is 31.2 Å². The third-order valence-electron chi connectivity index (χ3n) is 2.89. The fourth-order valence-electron chi connectivity index (χ4n) is 1.73. The van der Waals surface area contributed by atoms with Gasteiger partial charge in [0.15, 0.2) is 0 Å². The predicted octanol–water partition coefficient (Wildman–Crippen LogP) is 2.84. The van der Waals surface area contributed by atoms with Crippen LogP contribution in [0.5, 0.6) is 0 Å². The molecule has 1 aliphatic carbocycles. The monoisotopic (exact) mass is 259 g/mol. The van der Waals surface area contributed by atoms with Gasteiger partial charge in [0.05, 0.1) is 5.02 Å². The lowest BCUT2D eigenvalue weighted by Gasteiger charge is -2.25. The first-order chi connectivity index (χ1) is 7.59. The molecule has 3 nitrogen and oxygen atoms in total. The topological polar surface area (TPSA) is 40.5 Å². The number of halogens is 1. The van der Waals surface area contributed by atoms with Crippen LogP contribution < -0.4 is 0 Å². The zero-order valence-electron chi connectivity index (χ0n) is 9.02. The molecule has 1 atom stereocenters. The van der Waals surface area contributed by atoms with Crippen molar-refractivity contribution in [3.05, 3.63) is 21.3 Å². The lowest BCUT2D eigenvalue weighted by atomic mass is 10.2. The van der Waals surface area contributed by atoms with Crippen molar-refractivity contribution in [3.63, 3.8) is 0 Å². The summed E-state index contributed by atoms with van der Waals surface area (Å²) >= 11 is 7.62. The molecule has 0 radical (unpaired) electrons. The summed E-state index contributed by atoms with van der Waals surface area (Å²) in [6.07, 6.45) is 2.20. The summed E-state index contributed by atoms with van der Waals surface area (Å²) in [5.74, 6) is -0.764. The third kappa shape index (κ3) is 2.56. The molecule has 1 unspecified atom stereocenters. The Labute approximate surface area is 104 Å². The first kappa shape index (κ1) is 11.9. The molecule has 1 saturated carbocycles. The van der Waals surface area contributed by atoms with Gasteiger partial charge in [-0.15, -0.1) is 11.3 Å². The van der Waals surface area contributed by atoms with Gasteiger partial charge < -0.3 is 5.11 Å². The van der Waals surface area contributed by atoms with E-state index in [1.54, 1.807) is 18.3 Å². The van der Waals surface area contributed by atoms with Crippen molar-refractivity contribution in [2.24, 2.45) is 0 Å². The van der Waals surface area contributed by atoms with E-state index in [1.807, 2.05) is 16.3 Å². The molecule has 1 aromatic heterocycles. The molecule has 0 aliphatic heterocycles. The fourth-order valence-corrected chi connectivity index (χ4v) is 2.84. The second-order valence-corrected chi connectivity index (χ2v) is 5.52. The van der Waals surface area contributed by atoms with Crippen molar-refractivity contribution in [3.8, 4) is 0 Å². The van der Waals surface area contributed by atoms with Crippen molar-refractivity contribution in [1.29, 1.82) is 0 Å². The minimum absolute atomic E-state index is 0.421. The normalized spacial score (nSPS) is 17.7. The van der Waals surface area contributed by atoms with E-state index < -0.39 is 12.0 Å². The number of carboxylic acid groups (broad SMARTS) is 1. The highest BCUT2D eigenvalue weighted by molar-refractivity contribution is 7.10. The molecule has 0 spiro atoms. The quantitative estimate of drug-likeness (QED) is 0.884. The Kier molecular flexibility index (Phi) is 3.52. The largest absolute Gasteiger partial charge is 0.480 e. The molecule has 0 saturated heterocycles. The number of thiophene rings is 1. The second-order valence-electron chi connectivity index (χ2n) is 4.11. The first-order valence-corrected chi connectivity index (χ1v) is 6.55. The van der Waals surface area contributed by atoms with Crippen LogP contribution in [-0.4, -0.2) is 28.1 Å². The van der Waals surface area contributed by atoms with Crippen molar-refractivity contribution in [1.82, 2.24) is 4.90 Å². The van der Waals surface area contributed by atoms with Crippen LogP contribution in [-0.2, 0) is 11.3 Å². The third-order valence-corrected chi connectivity index (χ3v) is 4.26. The van der Waals surface area contributed by atoms with Gasteiger partial charge in [0.25, 0.3) is 0 Å². The summed E-state index contributed by atoms with van der Waals surface area (Å²) in [5, 5.41) is 11.7. The zero-order valence-corrected chi connectivity index (χ0v) is 10.6. The van der Waals surface area contributed by atoms with Crippen molar-refractivity contribution < 1.29 is 9.90 Å². The van der Waals surface area contributed by atoms with Crippen molar-refractivity contribution >= 4 is 28.9 Å². The van der Waals surface area contributed by atoms with Crippen LogP contribution in [0, 0.1) is 0 Å². The number of hydrogen-bond acceptors (Lipinski definition) is 3. The highest BCUT2D eigenvalue weighted by atomic mass is 35.5. The summed E-state index contributed by atoms with van der Waals surface area (Å²) in [5.41, 5.74) is 0. The number of nitrogens with zero attached hydrogens (tertiary/aromatic N) is 1. The predicted molar refractivity (Wildman–Crippen MR) is 65.0 cm³/mol. The van der Waals surface area contributed by atoms with Gasteiger partial charge >= 0.3 is 5.97 Å². The number of hydrogen-bond donors (Lipinski definition) is 1. The van der Waals surface area contributed by atoms with Gasteiger partial charge in [0.2, 0.25) is 0 Å². The summed E-state index contributed by atoms with van der Waals surface area (Å²) in [6, 6.07) is 1.84. The lowest BCUT2D eigenvalue weighted by molar-refractivity contribution is -0.143. The summed E-state index contributed by atoms with van der Waals surface area (Å²) in [6.45, 7) is 2.39. The molecular formula is C11H14ClNO2S. The molecule has 5 heteroatoms. The molecule has 1 aromatic rings. The Bertz CT molecular complexity index is 389. The maximum absolute atomic E-state index is 11.0. The second kappa shape index (κ2) is 4.73. The van der Waals surface area contributed by atoms with Crippen LogP contribution in [0.2, 0.25) is 5.02 Å². The van der Waals surface area contributed by atoms with Crippen LogP contribution in [0.4, 0.5) is 0 Å². The van der Waals surface area contributed by atoms with E-state index in [0.717, 1.165) is 22.7 Å². The van der Waals surface area contributed by atoms with Gasteiger partial charge in [-0.25, -0.2) is 0 Å². The molecule has 0 aromatic carbocycles. The Hall–Kier alpha value is -0.580. The molecule has 1 fully saturated rings. The minimum Gasteiger partial charge on any atom is -0.480 e. The van der Waals surface area contributed by atoms with Crippen molar-refractivity contribution in [2.45, 2.75) is 38.4 Å². The van der Waals surface area contributed by atoms with Crippen molar-refractivity contribution in [2.75, 3.05) is 0 Å². The number of rotatable bonds is 5. The van der Waals surface area contributed by atoms with E-state index in [-0.39, 0.29) is 0 Å². The maximum atomic E-state index is 11.0. The Morgan fingerprint density at radius 3 is 2.88 bits per heavy atom. The molecule has 1 N–H and O–H groups in total. The van der Waals surface area contributed by atoms with Gasteiger partial charge in [0, 0.05) is 17.5 Å². The first-order valence-electron chi connectivity index (χ1n) is 5.30. The highest BCUT2D eigenvalue weighted by Gasteiger charge is 2.35. The Balaban J connectivity index is 2.09. The van der Waals surface area contributed by atoms with Crippen LogP contribution >= 0.6 is 22.9 Å². The van der Waals surface area contributed by atoms with Gasteiger partial charge in [-0.2, -0.15) is 0 Å². The molecule has 16 heavy (non-hydrogen) atoms. The van der Waals surface area contributed by atoms with E-state index in [2.05, 4.69) is 0 Å². The summed E-state index contributed by atoms with van der Waals surface area (Å²) in [7, 11) is 0. The molecule has 1 heterocycles. The maximum Gasteiger partial charge on any atom is 0.320 e. The highest BCUT2D eigenvalue weighted by Crippen LogP contribution is 2.33. The van der Waals surface area contributed by atoms with Crippen LogP contribution in [0.3, 0.4) is 0 Å². The molecular weight excluding hydrogens is 246 g/mol. The average molecular weight is 260 g/mol. The molecule has 1 aliphatic rings. The lowest BCUT2D eigenvalue weighted by Crippen LogP contribution is -2.39. The van der Waals surface area contributed by atoms with E-state index >= 15 is 0 Å². The summed E-state index contributed by atoms with van der Waals surface area (Å²) < 4.78 is 0. The summed E-state index contributed by atoms with van der Waals surface area (Å²) in [4.78, 5) is 14.1. The van der Waals surface area contributed by atoms with Gasteiger partial charge in [-0.3, -0.25) is 9.69 Å². The molecule has 2 rings (SSSR count).